The molecule has 0 unspecified atom stereocenters. The molecule has 0 N–H and O–H groups in total. The summed E-state index contributed by atoms with van der Waals surface area (Å²) >= 11 is 1.79. The Labute approximate surface area is 251 Å². The molecule has 0 atom stereocenters. The lowest BCUT2D eigenvalue weighted by molar-refractivity contribution is 1.18. The van der Waals surface area contributed by atoms with Crippen LogP contribution in [-0.2, 0) is 0 Å². The number of rotatable bonds is 3. The molecule has 0 saturated heterocycles. The summed E-state index contributed by atoms with van der Waals surface area (Å²) in [6.45, 7) is 0. The summed E-state index contributed by atoms with van der Waals surface area (Å²) in [5, 5.41) is 9.95. The molecular weight excluding hydrogens is 545 g/mol. The van der Waals surface area contributed by atoms with E-state index in [1.807, 2.05) is 42.7 Å². The van der Waals surface area contributed by atoms with Gasteiger partial charge < -0.3 is 0 Å². The molecule has 200 valence electrons. The Balaban J connectivity index is 1.34. The molecule has 0 aliphatic rings. The van der Waals surface area contributed by atoms with Crippen molar-refractivity contribution >= 4 is 63.8 Å². The normalized spacial score (nSPS) is 11.7. The van der Waals surface area contributed by atoms with Crippen molar-refractivity contribution in [1.82, 2.24) is 19.9 Å². The lowest BCUT2D eigenvalue weighted by Crippen LogP contribution is -1.96. The van der Waals surface area contributed by atoms with Crippen LogP contribution in [0.2, 0.25) is 0 Å². The quantitative estimate of drug-likeness (QED) is 0.200. The van der Waals surface area contributed by atoms with Crippen molar-refractivity contribution in [2.45, 2.75) is 0 Å². The molecule has 0 aliphatic heterocycles. The third-order valence-electron chi connectivity index (χ3n) is 8.26. The first-order valence-electron chi connectivity index (χ1n) is 14.2. The molecule has 5 heteroatoms. The zero-order chi connectivity index (χ0) is 28.3. The van der Waals surface area contributed by atoms with Crippen molar-refractivity contribution in [2.24, 2.45) is 0 Å². The number of benzene rings is 5. The summed E-state index contributed by atoms with van der Waals surface area (Å²) in [5.41, 5.74) is 4.71. The highest BCUT2D eigenvalue weighted by Crippen LogP contribution is 2.44. The Morgan fingerprint density at radius 1 is 0.442 bits per heavy atom. The lowest BCUT2D eigenvalue weighted by Gasteiger charge is -2.10. The fourth-order valence-electron chi connectivity index (χ4n) is 6.24. The topological polar surface area (TPSA) is 51.6 Å². The highest BCUT2D eigenvalue weighted by Gasteiger charge is 2.18. The molecule has 0 spiro atoms. The van der Waals surface area contributed by atoms with Crippen LogP contribution in [0.4, 0.5) is 0 Å². The van der Waals surface area contributed by atoms with E-state index in [1.54, 1.807) is 23.7 Å². The van der Waals surface area contributed by atoms with Crippen LogP contribution in [-0.4, -0.2) is 19.9 Å². The van der Waals surface area contributed by atoms with Crippen LogP contribution >= 0.6 is 11.3 Å². The first-order chi connectivity index (χ1) is 21.3. The third-order valence-corrected chi connectivity index (χ3v) is 9.46. The number of hydrogen-bond donors (Lipinski definition) is 0. The first kappa shape index (κ1) is 24.1. The Morgan fingerprint density at radius 3 is 1.70 bits per heavy atom. The van der Waals surface area contributed by atoms with Crippen LogP contribution in [0.15, 0.2) is 134 Å². The summed E-state index contributed by atoms with van der Waals surface area (Å²) in [6, 6.07) is 38.4. The van der Waals surface area contributed by atoms with Crippen LogP contribution in [0, 0.1) is 0 Å². The van der Waals surface area contributed by atoms with Gasteiger partial charge in [0.05, 0.1) is 17.0 Å². The molecule has 4 nitrogen and oxygen atoms in total. The number of nitrogens with zero attached hydrogens (tertiary/aromatic N) is 4. The van der Waals surface area contributed by atoms with Crippen LogP contribution in [0.25, 0.3) is 86.4 Å². The second-order valence-corrected chi connectivity index (χ2v) is 11.8. The van der Waals surface area contributed by atoms with Gasteiger partial charge >= 0.3 is 0 Å². The summed E-state index contributed by atoms with van der Waals surface area (Å²) < 4.78 is 2.37. The zero-order valence-electron chi connectivity index (χ0n) is 22.9. The average Bonchev–Trinajstić information content (AvgIpc) is 3.46. The van der Waals surface area contributed by atoms with Gasteiger partial charge in [0.25, 0.3) is 0 Å². The SMILES string of the molecule is c1ccc(-c2cc(-c3ccncc3)nc(-c3cncc4c3sc3cc5c6ccccc6c6ccccc6c5cc34)n2)cc1. The van der Waals surface area contributed by atoms with Crippen LogP contribution in [0.5, 0.6) is 0 Å². The molecule has 0 bridgehead atoms. The van der Waals surface area contributed by atoms with Crippen molar-refractivity contribution in [3.05, 3.63) is 134 Å². The van der Waals surface area contributed by atoms with Crippen LogP contribution in [0.1, 0.15) is 0 Å². The third kappa shape index (κ3) is 3.83. The van der Waals surface area contributed by atoms with Gasteiger partial charge in [0.15, 0.2) is 5.82 Å². The van der Waals surface area contributed by atoms with E-state index < -0.39 is 0 Å². The second kappa shape index (κ2) is 9.51. The minimum Gasteiger partial charge on any atom is -0.265 e. The average molecular weight is 567 g/mol. The van der Waals surface area contributed by atoms with Crippen molar-refractivity contribution in [2.75, 3.05) is 0 Å². The maximum Gasteiger partial charge on any atom is 0.163 e. The summed E-state index contributed by atoms with van der Waals surface area (Å²) in [4.78, 5) is 19.1. The molecule has 5 aromatic carbocycles. The first-order valence-corrected chi connectivity index (χ1v) is 15.0. The standard InChI is InChI=1S/C38H22N4S/c1-2-8-23(9-3-1)34-20-35(24-14-16-39-17-15-24)42-38(41-34)33-22-40-21-32-31-18-29-27-12-6-4-10-25(27)26-11-5-7-13-28(26)30(29)19-36(31)43-37(32)33/h1-22H. The van der Waals surface area contributed by atoms with Gasteiger partial charge in [0.1, 0.15) is 0 Å². The van der Waals surface area contributed by atoms with Gasteiger partial charge in [-0.3, -0.25) is 9.97 Å². The molecule has 0 radical (unpaired) electrons. The fraction of sp³-hybridized carbons (Fsp3) is 0. The van der Waals surface area contributed by atoms with E-state index in [4.69, 9.17) is 15.0 Å². The molecule has 0 aliphatic carbocycles. The van der Waals surface area contributed by atoms with E-state index in [0.29, 0.717) is 5.82 Å². The van der Waals surface area contributed by atoms with Crippen molar-refractivity contribution in [1.29, 1.82) is 0 Å². The zero-order valence-corrected chi connectivity index (χ0v) is 23.7. The van der Waals surface area contributed by atoms with E-state index >= 15 is 0 Å². The van der Waals surface area contributed by atoms with Crippen LogP contribution < -0.4 is 0 Å². The second-order valence-electron chi connectivity index (χ2n) is 10.7. The van der Waals surface area contributed by atoms with Gasteiger partial charge in [-0.1, -0.05) is 78.9 Å². The van der Waals surface area contributed by atoms with Gasteiger partial charge in [-0.15, -0.1) is 11.3 Å². The molecule has 4 aromatic heterocycles. The van der Waals surface area contributed by atoms with Crippen LogP contribution in [0.3, 0.4) is 0 Å². The predicted molar refractivity (Wildman–Crippen MR) is 179 cm³/mol. The Bertz CT molecular complexity index is 2450. The molecular formula is C38H22N4S. The van der Waals surface area contributed by atoms with Crippen molar-refractivity contribution in [3.8, 4) is 33.9 Å². The lowest BCUT2D eigenvalue weighted by atomic mass is 9.93. The number of hydrogen-bond acceptors (Lipinski definition) is 5. The number of fused-ring (bicyclic) bond motifs is 9. The van der Waals surface area contributed by atoms with E-state index in [0.717, 1.165) is 38.2 Å². The van der Waals surface area contributed by atoms with E-state index in [9.17, 15) is 0 Å². The molecule has 9 aromatic rings. The highest BCUT2D eigenvalue weighted by molar-refractivity contribution is 7.26. The molecule has 9 rings (SSSR count). The van der Waals surface area contributed by atoms with E-state index in [2.05, 4.69) is 83.8 Å². The van der Waals surface area contributed by atoms with Gasteiger partial charge in [0, 0.05) is 56.1 Å². The number of aromatic nitrogens is 4. The monoisotopic (exact) mass is 566 g/mol. The maximum absolute atomic E-state index is 5.10. The predicted octanol–water partition coefficient (Wildman–Crippen LogP) is 10.1. The van der Waals surface area contributed by atoms with Gasteiger partial charge in [-0.05, 0) is 62.6 Å². The molecule has 0 amide bonds. The largest absolute Gasteiger partial charge is 0.265 e. The Morgan fingerprint density at radius 2 is 1.02 bits per heavy atom. The Kier molecular flexibility index (Phi) is 5.33. The maximum atomic E-state index is 5.10. The van der Waals surface area contributed by atoms with E-state index in [-0.39, 0.29) is 0 Å². The van der Waals surface area contributed by atoms with Gasteiger partial charge in [0.2, 0.25) is 0 Å². The number of pyridine rings is 2. The minimum atomic E-state index is 0.665. The molecule has 4 heterocycles. The van der Waals surface area contributed by atoms with E-state index in [1.165, 1.54) is 42.4 Å². The fourth-order valence-corrected chi connectivity index (χ4v) is 7.44. The number of thiophene rings is 1. The highest BCUT2D eigenvalue weighted by atomic mass is 32.1. The van der Waals surface area contributed by atoms with Crippen molar-refractivity contribution < 1.29 is 0 Å². The summed E-state index contributed by atoms with van der Waals surface area (Å²) in [7, 11) is 0. The van der Waals surface area contributed by atoms with Crippen molar-refractivity contribution in [3.63, 3.8) is 0 Å². The molecule has 0 saturated carbocycles. The molecule has 43 heavy (non-hydrogen) atoms. The van der Waals surface area contributed by atoms with Gasteiger partial charge in [-0.2, -0.15) is 0 Å². The summed E-state index contributed by atoms with van der Waals surface area (Å²) in [5.74, 6) is 0.665. The summed E-state index contributed by atoms with van der Waals surface area (Å²) in [6.07, 6.45) is 7.48. The molecule has 0 fully saturated rings. The smallest absolute Gasteiger partial charge is 0.163 e. The van der Waals surface area contributed by atoms with Gasteiger partial charge in [-0.25, -0.2) is 9.97 Å². The Hall–Kier alpha value is -5.52. The minimum absolute atomic E-state index is 0.665.